The van der Waals surface area contributed by atoms with Gasteiger partial charge in [-0.3, -0.25) is 9.78 Å². The third-order valence-electron chi connectivity index (χ3n) is 3.51. The third-order valence-corrected chi connectivity index (χ3v) is 3.69. The number of carbonyl (C=O) groups excluding carboxylic acids is 1. The summed E-state index contributed by atoms with van der Waals surface area (Å²) in [7, 11) is 0. The largest absolute Gasteiger partial charge is 0.357 e. The number of nitrogens with zero attached hydrogens (tertiary/aromatic N) is 3. The van der Waals surface area contributed by atoms with Gasteiger partial charge >= 0.3 is 0 Å². The van der Waals surface area contributed by atoms with Gasteiger partial charge in [0, 0.05) is 13.1 Å². The molecule has 1 atom stereocenters. The second-order valence-corrected chi connectivity index (χ2v) is 5.49. The molecular weight excluding hydrogens is 307 g/mol. The number of amides is 1. The molecule has 2 aromatic rings. The van der Waals surface area contributed by atoms with Crippen LogP contribution in [0.3, 0.4) is 0 Å². The van der Waals surface area contributed by atoms with E-state index in [9.17, 15) is 9.18 Å². The minimum atomic E-state index is -0.340. The molecule has 7 heteroatoms. The Labute approximate surface area is 132 Å². The molecule has 3 rings (SSSR count). The van der Waals surface area contributed by atoms with Crippen LogP contribution in [0.25, 0.3) is 0 Å². The number of rotatable bonds is 4. The Hall–Kier alpha value is -2.21. The molecule has 2 heterocycles. The molecule has 0 radical (unpaired) electrons. The van der Waals surface area contributed by atoms with Gasteiger partial charge in [0.15, 0.2) is 0 Å². The summed E-state index contributed by atoms with van der Waals surface area (Å²) in [6.07, 6.45) is 3.64. The quantitative estimate of drug-likeness (QED) is 0.940. The van der Waals surface area contributed by atoms with Crippen molar-refractivity contribution in [2.24, 2.45) is 0 Å². The Kier molecular flexibility index (Phi) is 4.20. The van der Waals surface area contributed by atoms with Gasteiger partial charge in [-0.2, -0.15) is 0 Å². The van der Waals surface area contributed by atoms with Crippen LogP contribution in [0.15, 0.2) is 36.7 Å². The number of hydrogen-bond acceptors (Lipinski definition) is 4. The number of carbonyl (C=O) groups is 1. The van der Waals surface area contributed by atoms with Crippen molar-refractivity contribution in [2.45, 2.75) is 19.0 Å². The van der Waals surface area contributed by atoms with Crippen LogP contribution in [-0.2, 0) is 11.3 Å². The molecule has 0 bridgehead atoms. The van der Waals surface area contributed by atoms with E-state index in [1.165, 1.54) is 24.5 Å². The number of benzene rings is 1. The molecule has 1 amide bonds. The highest BCUT2D eigenvalue weighted by molar-refractivity contribution is 6.29. The van der Waals surface area contributed by atoms with Crippen LogP contribution in [0.1, 0.15) is 12.0 Å². The van der Waals surface area contributed by atoms with E-state index in [1.807, 2.05) is 0 Å². The number of halogens is 2. The standard InChI is InChI=1S/C15H14ClFN4O/c16-13-7-18-8-14(20-13)19-12-5-6-21(15(12)22)9-10-1-3-11(17)4-2-10/h1-4,7-8,12H,5-6,9H2,(H,19,20). The number of anilines is 1. The van der Waals surface area contributed by atoms with Crippen molar-refractivity contribution in [1.82, 2.24) is 14.9 Å². The van der Waals surface area contributed by atoms with Gasteiger partial charge in [0.25, 0.3) is 0 Å². The van der Waals surface area contributed by atoms with Crippen LogP contribution < -0.4 is 5.32 Å². The number of nitrogens with one attached hydrogen (secondary N) is 1. The van der Waals surface area contributed by atoms with Crippen LogP contribution in [-0.4, -0.2) is 33.4 Å². The minimum Gasteiger partial charge on any atom is -0.357 e. The first kappa shape index (κ1) is 14.7. The summed E-state index contributed by atoms with van der Waals surface area (Å²) in [6.45, 7) is 1.11. The average Bonchev–Trinajstić information content (AvgIpc) is 2.83. The summed E-state index contributed by atoms with van der Waals surface area (Å²) < 4.78 is 12.9. The highest BCUT2D eigenvalue weighted by atomic mass is 35.5. The number of hydrogen-bond donors (Lipinski definition) is 1. The normalized spacial score (nSPS) is 17.8. The Bertz CT molecular complexity index is 679. The summed E-state index contributed by atoms with van der Waals surface area (Å²) in [4.78, 5) is 22.1. The van der Waals surface area contributed by atoms with E-state index in [1.54, 1.807) is 17.0 Å². The van der Waals surface area contributed by atoms with Crippen LogP contribution in [0, 0.1) is 5.82 Å². The van der Waals surface area contributed by atoms with Gasteiger partial charge in [0.2, 0.25) is 5.91 Å². The maximum atomic E-state index is 12.9. The lowest BCUT2D eigenvalue weighted by atomic mass is 10.2. The lowest BCUT2D eigenvalue weighted by Crippen LogP contribution is -2.33. The van der Waals surface area contributed by atoms with Gasteiger partial charge in [0.1, 0.15) is 22.8 Å². The smallest absolute Gasteiger partial charge is 0.245 e. The maximum Gasteiger partial charge on any atom is 0.245 e. The zero-order chi connectivity index (χ0) is 15.5. The first-order valence-electron chi connectivity index (χ1n) is 6.89. The lowest BCUT2D eigenvalue weighted by Gasteiger charge is -2.17. The molecule has 0 aliphatic carbocycles. The SMILES string of the molecule is O=C1C(Nc2cncc(Cl)n2)CCN1Cc1ccc(F)cc1. The van der Waals surface area contributed by atoms with E-state index in [0.29, 0.717) is 25.3 Å². The molecule has 1 fully saturated rings. The molecule has 1 aromatic carbocycles. The Morgan fingerprint density at radius 2 is 2.09 bits per heavy atom. The van der Waals surface area contributed by atoms with E-state index >= 15 is 0 Å². The predicted octanol–water partition coefficient (Wildman–Crippen LogP) is 2.48. The van der Waals surface area contributed by atoms with Gasteiger partial charge in [-0.15, -0.1) is 0 Å². The third kappa shape index (κ3) is 3.33. The zero-order valence-electron chi connectivity index (χ0n) is 11.7. The summed E-state index contributed by atoms with van der Waals surface area (Å²) in [5.41, 5.74) is 0.901. The van der Waals surface area contributed by atoms with Crippen LogP contribution >= 0.6 is 11.6 Å². The monoisotopic (exact) mass is 320 g/mol. The summed E-state index contributed by atoms with van der Waals surface area (Å²) in [6, 6.07) is 5.83. The molecule has 1 aromatic heterocycles. The molecule has 1 unspecified atom stereocenters. The molecule has 5 nitrogen and oxygen atoms in total. The van der Waals surface area contributed by atoms with Crippen LogP contribution in [0.5, 0.6) is 0 Å². The molecule has 114 valence electrons. The average molecular weight is 321 g/mol. The van der Waals surface area contributed by atoms with Crippen molar-refractivity contribution in [2.75, 3.05) is 11.9 Å². The predicted molar refractivity (Wildman–Crippen MR) is 80.9 cm³/mol. The van der Waals surface area contributed by atoms with E-state index in [-0.39, 0.29) is 22.9 Å². The van der Waals surface area contributed by atoms with Gasteiger partial charge in [0.05, 0.1) is 12.4 Å². The van der Waals surface area contributed by atoms with Crippen molar-refractivity contribution in [1.29, 1.82) is 0 Å². The Morgan fingerprint density at radius 1 is 1.32 bits per heavy atom. The molecule has 0 saturated carbocycles. The summed E-state index contributed by atoms with van der Waals surface area (Å²) in [5.74, 6) is 0.191. The van der Waals surface area contributed by atoms with Gasteiger partial charge in [-0.05, 0) is 24.1 Å². The second kappa shape index (κ2) is 6.27. The molecule has 0 spiro atoms. The van der Waals surface area contributed by atoms with Gasteiger partial charge in [-0.1, -0.05) is 23.7 Å². The first-order chi connectivity index (χ1) is 10.6. The molecular formula is C15H14ClFN4O. The fraction of sp³-hybridized carbons (Fsp3) is 0.267. The van der Waals surface area contributed by atoms with Crippen molar-refractivity contribution < 1.29 is 9.18 Å². The van der Waals surface area contributed by atoms with E-state index in [0.717, 1.165) is 5.56 Å². The summed E-state index contributed by atoms with van der Waals surface area (Å²) in [5, 5.41) is 3.32. The maximum absolute atomic E-state index is 12.9. The Balaban J connectivity index is 1.63. The number of aromatic nitrogens is 2. The molecule has 1 N–H and O–H groups in total. The van der Waals surface area contributed by atoms with Crippen molar-refractivity contribution in [3.63, 3.8) is 0 Å². The van der Waals surface area contributed by atoms with Crippen molar-refractivity contribution in [3.8, 4) is 0 Å². The van der Waals surface area contributed by atoms with E-state index in [4.69, 9.17) is 11.6 Å². The molecule has 1 aliphatic rings. The van der Waals surface area contributed by atoms with Crippen LogP contribution in [0.4, 0.5) is 10.2 Å². The van der Waals surface area contributed by atoms with E-state index < -0.39 is 0 Å². The number of likely N-dealkylation sites (tertiary alicyclic amines) is 1. The van der Waals surface area contributed by atoms with Gasteiger partial charge < -0.3 is 10.2 Å². The van der Waals surface area contributed by atoms with Crippen LogP contribution in [0.2, 0.25) is 5.15 Å². The summed E-state index contributed by atoms with van der Waals surface area (Å²) >= 11 is 5.78. The highest BCUT2D eigenvalue weighted by Gasteiger charge is 2.31. The first-order valence-corrected chi connectivity index (χ1v) is 7.27. The fourth-order valence-corrected chi connectivity index (χ4v) is 2.58. The van der Waals surface area contributed by atoms with Gasteiger partial charge in [-0.25, -0.2) is 9.37 Å². The topological polar surface area (TPSA) is 58.1 Å². The molecule has 1 aliphatic heterocycles. The highest BCUT2D eigenvalue weighted by Crippen LogP contribution is 2.19. The minimum absolute atomic E-state index is 0.00824. The lowest BCUT2D eigenvalue weighted by molar-refractivity contribution is -0.128. The van der Waals surface area contributed by atoms with Crippen molar-refractivity contribution >= 4 is 23.3 Å². The fourth-order valence-electron chi connectivity index (χ4n) is 2.43. The molecule has 1 saturated heterocycles. The Morgan fingerprint density at radius 3 is 2.82 bits per heavy atom. The van der Waals surface area contributed by atoms with E-state index in [2.05, 4.69) is 15.3 Å². The second-order valence-electron chi connectivity index (χ2n) is 5.10. The molecule has 22 heavy (non-hydrogen) atoms. The zero-order valence-corrected chi connectivity index (χ0v) is 12.4. The van der Waals surface area contributed by atoms with Crippen molar-refractivity contribution in [3.05, 3.63) is 53.2 Å².